The summed E-state index contributed by atoms with van der Waals surface area (Å²) < 4.78 is 0. The van der Waals surface area contributed by atoms with Crippen molar-refractivity contribution in [2.45, 2.75) is 63.6 Å². The predicted molar refractivity (Wildman–Crippen MR) is 83.0 cm³/mol. The lowest BCUT2D eigenvalue weighted by molar-refractivity contribution is -0.150. The second-order valence-electron chi connectivity index (χ2n) is 7.45. The fourth-order valence-electron chi connectivity index (χ4n) is 4.22. The molecule has 3 aliphatic rings. The first-order chi connectivity index (χ1) is 11.2. The Morgan fingerprint density at radius 3 is 2.50 bits per heavy atom. The van der Waals surface area contributed by atoms with Crippen molar-refractivity contribution in [1.82, 2.24) is 15.1 Å². The molecule has 24 heavy (non-hydrogen) atoms. The number of carboxylic acid groups (broad SMARTS) is 1. The number of fused-ring (bicyclic) bond motifs is 1. The van der Waals surface area contributed by atoms with Gasteiger partial charge < -0.3 is 15.3 Å². The zero-order valence-corrected chi connectivity index (χ0v) is 13.9. The van der Waals surface area contributed by atoms with Crippen LogP contribution >= 0.6 is 0 Å². The number of likely N-dealkylation sites (tertiary alicyclic amines) is 1. The van der Waals surface area contributed by atoms with Crippen molar-refractivity contribution in [3.63, 3.8) is 0 Å². The lowest BCUT2D eigenvalue weighted by Gasteiger charge is -2.33. The average Bonchev–Trinajstić information content (AvgIpc) is 2.98. The van der Waals surface area contributed by atoms with Gasteiger partial charge in [0.25, 0.3) is 5.91 Å². The molecule has 4 amide bonds. The van der Waals surface area contributed by atoms with E-state index in [9.17, 15) is 24.3 Å². The minimum atomic E-state index is -1.04. The van der Waals surface area contributed by atoms with Crippen molar-refractivity contribution >= 4 is 23.8 Å². The Morgan fingerprint density at radius 1 is 1.25 bits per heavy atom. The molecule has 2 saturated heterocycles. The Morgan fingerprint density at radius 2 is 1.92 bits per heavy atom. The fourth-order valence-corrected chi connectivity index (χ4v) is 4.22. The van der Waals surface area contributed by atoms with Crippen LogP contribution < -0.4 is 5.32 Å². The van der Waals surface area contributed by atoms with Crippen LogP contribution in [0.15, 0.2) is 0 Å². The first-order valence-corrected chi connectivity index (χ1v) is 8.40. The zero-order chi connectivity index (χ0) is 17.6. The van der Waals surface area contributed by atoms with E-state index in [0.29, 0.717) is 6.42 Å². The molecule has 0 radical (unpaired) electrons. The van der Waals surface area contributed by atoms with Gasteiger partial charge in [0.1, 0.15) is 18.1 Å². The Balaban J connectivity index is 1.78. The van der Waals surface area contributed by atoms with E-state index >= 15 is 0 Å². The zero-order valence-electron chi connectivity index (χ0n) is 13.9. The van der Waals surface area contributed by atoms with E-state index in [-0.39, 0.29) is 12.0 Å². The van der Waals surface area contributed by atoms with Crippen LogP contribution in [0, 0.1) is 5.92 Å². The third kappa shape index (κ3) is 2.63. The van der Waals surface area contributed by atoms with Gasteiger partial charge in [-0.25, -0.2) is 9.59 Å². The molecule has 0 unspecified atom stereocenters. The van der Waals surface area contributed by atoms with Gasteiger partial charge >= 0.3 is 12.0 Å². The van der Waals surface area contributed by atoms with Gasteiger partial charge in [0.15, 0.2) is 0 Å². The first kappa shape index (κ1) is 16.7. The van der Waals surface area contributed by atoms with Gasteiger partial charge in [-0.1, -0.05) is 12.8 Å². The van der Waals surface area contributed by atoms with E-state index in [2.05, 4.69) is 5.32 Å². The Kier molecular flexibility index (Phi) is 4.01. The van der Waals surface area contributed by atoms with Gasteiger partial charge in [0.05, 0.1) is 0 Å². The van der Waals surface area contributed by atoms with Crippen molar-refractivity contribution in [1.29, 1.82) is 0 Å². The number of aliphatic carboxylic acids is 1. The number of nitrogens with zero attached hydrogens (tertiary/aromatic N) is 2. The van der Waals surface area contributed by atoms with Gasteiger partial charge in [0, 0.05) is 6.04 Å². The number of carbonyl (C=O) groups is 4. The largest absolute Gasteiger partial charge is 0.480 e. The molecule has 2 N–H and O–H groups in total. The summed E-state index contributed by atoms with van der Waals surface area (Å²) in [6, 6.07) is -1.56. The number of imide groups is 1. The number of hydrogen-bond donors (Lipinski definition) is 2. The third-order valence-corrected chi connectivity index (χ3v) is 5.40. The van der Waals surface area contributed by atoms with Gasteiger partial charge in [0.2, 0.25) is 5.91 Å². The van der Waals surface area contributed by atoms with Crippen LogP contribution in [0.1, 0.15) is 46.0 Å². The van der Waals surface area contributed by atoms with Gasteiger partial charge in [-0.3, -0.25) is 14.5 Å². The van der Waals surface area contributed by atoms with E-state index in [4.69, 9.17) is 0 Å². The van der Waals surface area contributed by atoms with E-state index in [1.54, 1.807) is 13.8 Å². The van der Waals surface area contributed by atoms with Crippen LogP contribution in [0.3, 0.4) is 0 Å². The highest BCUT2D eigenvalue weighted by molar-refractivity contribution is 6.08. The summed E-state index contributed by atoms with van der Waals surface area (Å²) in [5.74, 6) is -1.75. The highest BCUT2D eigenvalue weighted by Gasteiger charge is 2.50. The van der Waals surface area contributed by atoms with Crippen LogP contribution in [-0.2, 0) is 14.4 Å². The van der Waals surface area contributed by atoms with Crippen molar-refractivity contribution in [3.05, 3.63) is 0 Å². The third-order valence-electron chi connectivity index (χ3n) is 5.40. The van der Waals surface area contributed by atoms with E-state index in [0.717, 1.165) is 30.6 Å². The maximum atomic E-state index is 12.8. The molecule has 3 fully saturated rings. The van der Waals surface area contributed by atoms with Crippen LogP contribution in [0.2, 0.25) is 0 Å². The number of hydrogen-bond acceptors (Lipinski definition) is 4. The molecular formula is C16H23N3O5. The molecule has 2 aliphatic heterocycles. The molecule has 0 aromatic rings. The lowest BCUT2D eigenvalue weighted by Crippen LogP contribution is -2.51. The number of amides is 4. The minimum Gasteiger partial charge on any atom is -0.480 e. The molecule has 8 heteroatoms. The molecule has 3 rings (SSSR count). The smallest absolute Gasteiger partial charge is 0.326 e. The summed E-state index contributed by atoms with van der Waals surface area (Å²) in [5, 5.41) is 12.0. The highest BCUT2D eigenvalue weighted by Crippen LogP contribution is 2.40. The SMILES string of the molecule is CC1(C)NC(=O)N(CC(=O)N2[C@@H]3CCCC[C@@H]3C[C@H]2C(=O)O)C1=O. The van der Waals surface area contributed by atoms with Crippen molar-refractivity contribution in [3.8, 4) is 0 Å². The molecule has 0 bridgehead atoms. The molecular weight excluding hydrogens is 314 g/mol. The van der Waals surface area contributed by atoms with Gasteiger partial charge in [-0.15, -0.1) is 0 Å². The first-order valence-electron chi connectivity index (χ1n) is 8.40. The van der Waals surface area contributed by atoms with E-state index < -0.39 is 41.9 Å². The number of rotatable bonds is 3. The number of carboxylic acids is 1. The van der Waals surface area contributed by atoms with Crippen LogP contribution in [-0.4, -0.2) is 62.9 Å². The maximum Gasteiger partial charge on any atom is 0.326 e. The van der Waals surface area contributed by atoms with Crippen LogP contribution in [0.5, 0.6) is 0 Å². The molecule has 132 valence electrons. The number of urea groups is 1. The van der Waals surface area contributed by atoms with E-state index in [1.807, 2.05) is 0 Å². The highest BCUT2D eigenvalue weighted by atomic mass is 16.4. The minimum absolute atomic E-state index is 0.0962. The van der Waals surface area contributed by atoms with Crippen LogP contribution in [0.4, 0.5) is 4.79 Å². The summed E-state index contributed by atoms with van der Waals surface area (Å²) in [4.78, 5) is 50.8. The molecule has 3 atom stereocenters. The maximum absolute atomic E-state index is 12.8. The topological polar surface area (TPSA) is 107 Å². The average molecular weight is 337 g/mol. The summed E-state index contributed by atoms with van der Waals surface area (Å²) in [5.41, 5.74) is -1.04. The predicted octanol–water partition coefficient (Wildman–Crippen LogP) is 0.561. The number of carbonyl (C=O) groups excluding carboxylic acids is 3. The van der Waals surface area contributed by atoms with Gasteiger partial charge in [-0.05, 0) is 39.0 Å². The van der Waals surface area contributed by atoms with Crippen molar-refractivity contribution < 1.29 is 24.3 Å². The van der Waals surface area contributed by atoms with Crippen molar-refractivity contribution in [2.24, 2.45) is 5.92 Å². The number of nitrogens with one attached hydrogen (secondary N) is 1. The van der Waals surface area contributed by atoms with Crippen LogP contribution in [0.25, 0.3) is 0 Å². The summed E-state index contributed by atoms with van der Waals surface area (Å²) >= 11 is 0. The molecule has 2 heterocycles. The fraction of sp³-hybridized carbons (Fsp3) is 0.750. The quantitative estimate of drug-likeness (QED) is 0.732. The lowest BCUT2D eigenvalue weighted by atomic mass is 9.85. The normalized spacial score (nSPS) is 31.8. The second kappa shape index (κ2) is 5.75. The molecule has 0 spiro atoms. The second-order valence-corrected chi connectivity index (χ2v) is 7.45. The Hall–Kier alpha value is -2.12. The van der Waals surface area contributed by atoms with Crippen molar-refractivity contribution in [2.75, 3.05) is 6.54 Å². The summed E-state index contributed by atoms with van der Waals surface area (Å²) in [6.07, 6.45) is 4.18. The Labute approximate surface area is 140 Å². The summed E-state index contributed by atoms with van der Waals surface area (Å²) in [6.45, 7) is 2.75. The molecule has 1 saturated carbocycles. The molecule has 8 nitrogen and oxygen atoms in total. The van der Waals surface area contributed by atoms with Gasteiger partial charge in [-0.2, -0.15) is 0 Å². The van der Waals surface area contributed by atoms with E-state index in [1.165, 1.54) is 4.90 Å². The molecule has 0 aromatic heterocycles. The Bertz CT molecular complexity index is 603. The standard InChI is InChI=1S/C16H23N3O5/c1-16(2)14(23)18(15(24)17-16)8-12(20)19-10-6-4-3-5-9(10)7-11(19)13(21)22/h9-11H,3-8H2,1-2H3,(H,17,24)(H,21,22)/t9-,10-,11+/m1/s1. The molecule has 1 aliphatic carbocycles. The molecule has 0 aromatic carbocycles. The summed E-state index contributed by atoms with van der Waals surface area (Å²) in [7, 11) is 0. The monoisotopic (exact) mass is 337 g/mol.